The Morgan fingerprint density at radius 1 is 0.224 bits per heavy atom. The smallest absolute Gasteiger partial charge is 0.337 e. The molecule has 16 nitrogen and oxygen atoms in total. The first kappa shape index (κ1) is 100. The quantitative estimate of drug-likeness (QED) is 0.0911. The number of carbonyl (C=O) groups excluding carboxylic acids is 2. The second kappa shape index (κ2) is 64.0. The topological polar surface area (TPSA) is 251 Å². The number of esters is 2. The molecular weight excluding hydrogens is 2150 g/mol. The fraction of sp³-hybridized carbons (Fsp3) is 0.0208. The molecule has 0 amide bonds. The third kappa shape index (κ3) is 37.7. The summed E-state index contributed by atoms with van der Waals surface area (Å²) in [5.41, 5.74) is 16.2. The van der Waals surface area contributed by atoms with Crippen molar-refractivity contribution in [3.63, 3.8) is 0 Å². The van der Waals surface area contributed by atoms with Crippen LogP contribution in [0.3, 0.4) is 0 Å². The second-order valence-electron chi connectivity index (χ2n) is 21.3. The zero-order valence-corrected chi connectivity index (χ0v) is 71.7. The predicted molar refractivity (Wildman–Crippen MR) is 431 cm³/mol. The maximum Gasteiger partial charge on any atom is 0.337 e. The number of rotatable bonds is 10. The summed E-state index contributed by atoms with van der Waals surface area (Å²) in [6.07, 6.45) is 13.9. The molecule has 0 saturated carbocycles. The Morgan fingerprint density at radius 2 is 0.379 bits per heavy atom. The molecule has 0 aliphatic rings. The summed E-state index contributed by atoms with van der Waals surface area (Å²) >= 11 is 0. The van der Waals surface area contributed by atoms with E-state index in [1.54, 1.807) is 73.8 Å². The molecule has 20 heteroatoms. The van der Waals surface area contributed by atoms with Gasteiger partial charge in [-0.25, -0.2) is 9.59 Å². The van der Waals surface area contributed by atoms with Crippen LogP contribution >= 0.6 is 0 Å². The molecule has 0 saturated heterocycles. The fourth-order valence-electron chi connectivity index (χ4n) is 9.20. The van der Waals surface area contributed by atoms with Crippen molar-refractivity contribution in [2.24, 2.45) is 0 Å². The van der Waals surface area contributed by atoms with Gasteiger partial charge in [-0.15, -0.1) is 287 Å². The van der Waals surface area contributed by atoms with Gasteiger partial charge in [-0.3, -0.25) is 0 Å². The third-order valence-corrected chi connectivity index (χ3v) is 14.2. The number of hydrogen-bond donors (Lipinski definition) is 0. The van der Waals surface area contributed by atoms with Gasteiger partial charge in [0.2, 0.25) is 0 Å². The first-order valence-electron chi connectivity index (χ1n) is 33.6. The zero-order chi connectivity index (χ0) is 80.1. The summed E-state index contributed by atoms with van der Waals surface area (Å²) in [4.78, 5) is 56.4. The molecule has 584 valence electrons. The van der Waals surface area contributed by atoms with Crippen molar-refractivity contribution < 1.29 is 99.5 Å². The van der Waals surface area contributed by atoms with Crippen LogP contribution in [0.15, 0.2) is 377 Å². The number of hydrogen-bond acceptors (Lipinski definition) is 16. The van der Waals surface area contributed by atoms with Crippen LogP contribution in [0.4, 0.5) is 0 Å². The van der Waals surface area contributed by atoms with Crippen molar-refractivity contribution in [1.82, 2.24) is 39.9 Å². The van der Waals surface area contributed by atoms with Crippen molar-refractivity contribution >= 4 is 11.9 Å². The standard InChI is InChI=1S/2C13H10NO2.6C11H8N.4CN.4Ir/c2*1-16-13(15)11-7-8-14-12(9-11)10-5-3-2-4-6-10;6*1-2-6-10(7-3-1)11-8-4-5-9-12-11;4*1-2;;;;/h2*2-5,7-9H,1H3;6*1-6,8-9H;;;;;;;;/q12*-1;;;;. The van der Waals surface area contributed by atoms with Crippen molar-refractivity contribution in [2.75, 3.05) is 14.2 Å². The summed E-state index contributed by atoms with van der Waals surface area (Å²) in [6, 6.07) is 129. The first-order chi connectivity index (χ1) is 55.4. The van der Waals surface area contributed by atoms with E-state index in [0.717, 1.165) is 78.7 Å². The van der Waals surface area contributed by atoms with Crippen LogP contribution in [0.2, 0.25) is 0 Å². The minimum Gasteiger partial charge on any atom is -0.512 e. The molecule has 0 N–H and O–H groups in total. The van der Waals surface area contributed by atoms with E-state index in [9.17, 15) is 9.59 Å². The Balaban J connectivity index is 0.000000653. The molecule has 16 aromatic rings. The number of nitrogens with zero attached hydrogens (tertiary/aromatic N) is 12. The molecule has 8 heterocycles. The molecular formula is C96H68Ir4N12O4-12. The molecule has 8 aromatic heterocycles. The molecule has 0 aliphatic heterocycles. The third-order valence-electron chi connectivity index (χ3n) is 14.2. The molecule has 0 bridgehead atoms. The Kier molecular flexibility index (Phi) is 55.5. The molecule has 0 unspecified atom stereocenters. The Morgan fingerprint density at radius 3 is 0.517 bits per heavy atom. The number of methoxy groups -OCH3 is 2. The van der Waals surface area contributed by atoms with Gasteiger partial charge in [0.25, 0.3) is 0 Å². The Labute approximate surface area is 733 Å². The predicted octanol–water partition coefficient (Wildman–Crippen LogP) is 20.3. The minimum absolute atomic E-state index is 0. The molecule has 0 aliphatic carbocycles. The Bertz CT molecular complexity index is 4280. The summed E-state index contributed by atoms with van der Waals surface area (Å²) in [7, 11) is 2.72. The van der Waals surface area contributed by atoms with Crippen LogP contribution in [-0.2, 0) is 89.9 Å². The number of pyridine rings is 8. The molecule has 0 fully saturated rings. The maximum absolute atomic E-state index is 11.3. The van der Waals surface area contributed by atoms with Gasteiger partial charge in [-0.2, -0.15) is 0 Å². The van der Waals surface area contributed by atoms with E-state index >= 15 is 0 Å². The van der Waals surface area contributed by atoms with E-state index in [0.29, 0.717) is 22.5 Å². The van der Waals surface area contributed by atoms with Gasteiger partial charge in [0.05, 0.1) is 25.3 Å². The van der Waals surface area contributed by atoms with Gasteiger partial charge in [-0.05, 0) is 94.1 Å². The Hall–Kier alpha value is -13.5. The average molecular weight is 2220 g/mol. The van der Waals surface area contributed by atoms with E-state index < -0.39 is 0 Å². The molecule has 0 spiro atoms. The van der Waals surface area contributed by atoms with E-state index in [1.807, 2.05) is 303 Å². The van der Waals surface area contributed by atoms with Crippen molar-refractivity contribution in [1.29, 1.82) is 21.0 Å². The summed E-state index contributed by atoms with van der Waals surface area (Å²) in [5, 5.41) is 25.0. The van der Waals surface area contributed by atoms with Gasteiger partial charge in [0.1, 0.15) is 0 Å². The van der Waals surface area contributed by atoms with Crippen LogP contribution in [0, 0.1) is 95.9 Å². The molecule has 16 rings (SSSR count). The summed E-state index contributed by atoms with van der Waals surface area (Å²) in [5.74, 6) is -0.723. The molecule has 4 radical (unpaired) electrons. The van der Waals surface area contributed by atoms with Gasteiger partial charge < -0.3 is 96.7 Å². The van der Waals surface area contributed by atoms with Crippen molar-refractivity contribution in [2.45, 2.75) is 0 Å². The first-order valence-corrected chi connectivity index (χ1v) is 33.6. The zero-order valence-electron chi connectivity index (χ0n) is 62.1. The monoisotopic (exact) mass is 2220 g/mol. The number of benzene rings is 8. The van der Waals surface area contributed by atoms with E-state index in [-0.39, 0.29) is 92.4 Å². The SMILES string of the molecule is COC(=O)c1ccnc(-c2[c-]cccc2)c1.COC(=O)c1ccnc(-c2[c-]cccc2)c1.[C-]#N.[C-]#N.[C-]#N.[C-]#N.[Ir].[Ir].[Ir].[Ir].[c-]1ccccc1-c1ccccn1.[c-]1ccccc1-c1ccccn1.[c-]1ccccc1-c1ccccn1.[c-]1ccccc1-c1ccccn1.[c-]1ccccc1-c1ccccn1.[c-]1ccccc1-c1ccccn1. The molecule has 116 heavy (non-hydrogen) atoms. The number of carbonyl (C=O) groups is 2. The summed E-state index contributed by atoms with van der Waals surface area (Å²) < 4.78 is 9.30. The van der Waals surface area contributed by atoms with Crippen LogP contribution in [0.1, 0.15) is 20.7 Å². The van der Waals surface area contributed by atoms with E-state index in [2.05, 4.69) is 97.9 Å². The van der Waals surface area contributed by atoms with Crippen molar-refractivity contribution in [3.05, 3.63) is 463 Å². The molecule has 0 atom stereocenters. The van der Waals surface area contributed by atoms with Gasteiger partial charge in [0, 0.05) is 130 Å². The number of aromatic nitrogens is 8. The van der Waals surface area contributed by atoms with Crippen LogP contribution in [-0.4, -0.2) is 66.0 Å². The van der Waals surface area contributed by atoms with Crippen LogP contribution < -0.4 is 0 Å². The summed E-state index contributed by atoms with van der Waals surface area (Å²) in [6.45, 7) is 19.0. The van der Waals surface area contributed by atoms with E-state index in [4.69, 9.17) is 47.3 Å². The normalized spacial score (nSPS) is 8.78. The maximum atomic E-state index is 11.3. The largest absolute Gasteiger partial charge is 0.512 e. The second-order valence-corrected chi connectivity index (χ2v) is 21.3. The van der Waals surface area contributed by atoms with Crippen LogP contribution in [0.25, 0.3) is 90.1 Å². The van der Waals surface area contributed by atoms with Gasteiger partial charge in [0.15, 0.2) is 0 Å². The van der Waals surface area contributed by atoms with E-state index in [1.165, 1.54) is 14.2 Å². The van der Waals surface area contributed by atoms with Crippen molar-refractivity contribution in [3.8, 4) is 90.1 Å². The van der Waals surface area contributed by atoms with Gasteiger partial charge in [-0.1, -0.05) is 84.9 Å². The number of ether oxygens (including phenoxy) is 2. The molecule has 8 aromatic carbocycles. The minimum atomic E-state index is -0.361. The average Bonchev–Trinajstić information content (AvgIpc) is 0.808. The van der Waals surface area contributed by atoms with Gasteiger partial charge >= 0.3 is 11.9 Å². The van der Waals surface area contributed by atoms with Crippen LogP contribution in [0.5, 0.6) is 0 Å². The fourth-order valence-corrected chi connectivity index (χ4v) is 9.20.